The summed E-state index contributed by atoms with van der Waals surface area (Å²) in [6.45, 7) is 1.99. The molecule has 9 heteroatoms. The average molecular weight is 309 g/mol. The standard InChI is InChI=1S/C8H13NO4.C3H10O3Si/c10-8(11)7-6(1-2-9-7)13-4-5-3-12-5;1-4-7(5-2)6-3/h5-7,9H,1-4H2,(H,10,11);7H,1-3H3/t5?,6?,7-;/m0./s1. The molecule has 0 spiro atoms. The highest BCUT2D eigenvalue weighted by atomic mass is 28.3. The van der Waals surface area contributed by atoms with Crippen molar-refractivity contribution in [3.63, 3.8) is 0 Å². The predicted octanol–water partition coefficient (Wildman–Crippen LogP) is -1.14. The normalized spacial score (nSPS) is 28.1. The molecule has 0 amide bonds. The third-order valence-corrected chi connectivity index (χ3v) is 4.06. The topological polar surface area (TPSA) is 98.8 Å². The fourth-order valence-corrected chi connectivity index (χ4v) is 2.37. The molecule has 0 bridgehead atoms. The Morgan fingerprint density at radius 3 is 2.35 bits per heavy atom. The van der Waals surface area contributed by atoms with Gasteiger partial charge in [-0.1, -0.05) is 0 Å². The van der Waals surface area contributed by atoms with Crippen LogP contribution in [0.15, 0.2) is 0 Å². The first-order valence-corrected chi connectivity index (χ1v) is 7.81. The summed E-state index contributed by atoms with van der Waals surface area (Å²) in [6.07, 6.45) is 0.778. The van der Waals surface area contributed by atoms with E-state index >= 15 is 0 Å². The molecule has 3 atom stereocenters. The molecule has 2 aliphatic heterocycles. The molecule has 0 aliphatic carbocycles. The van der Waals surface area contributed by atoms with Gasteiger partial charge in [0.25, 0.3) is 0 Å². The van der Waals surface area contributed by atoms with Crippen molar-refractivity contribution in [1.82, 2.24) is 5.32 Å². The summed E-state index contributed by atoms with van der Waals surface area (Å²) in [5.41, 5.74) is 0. The number of hydrogen-bond donors (Lipinski definition) is 2. The van der Waals surface area contributed by atoms with Gasteiger partial charge < -0.3 is 33.2 Å². The highest BCUT2D eigenvalue weighted by molar-refractivity contribution is 6.36. The molecule has 2 rings (SSSR count). The molecular weight excluding hydrogens is 286 g/mol. The Kier molecular flexibility index (Phi) is 8.22. The van der Waals surface area contributed by atoms with Gasteiger partial charge in [0.15, 0.2) is 0 Å². The first-order chi connectivity index (χ1) is 9.62. The number of carboxylic acids is 1. The lowest BCUT2D eigenvalue weighted by Gasteiger charge is -2.15. The molecule has 2 fully saturated rings. The first-order valence-electron chi connectivity index (χ1n) is 6.40. The van der Waals surface area contributed by atoms with E-state index in [-0.39, 0.29) is 12.2 Å². The molecule has 2 unspecified atom stereocenters. The maximum absolute atomic E-state index is 10.7. The van der Waals surface area contributed by atoms with Crippen molar-refractivity contribution in [1.29, 1.82) is 0 Å². The lowest BCUT2D eigenvalue weighted by atomic mass is 10.2. The van der Waals surface area contributed by atoms with Crippen LogP contribution in [-0.4, -0.2) is 79.9 Å². The first kappa shape index (κ1) is 17.5. The minimum Gasteiger partial charge on any atom is -0.480 e. The zero-order valence-electron chi connectivity index (χ0n) is 12.0. The van der Waals surface area contributed by atoms with E-state index in [0.717, 1.165) is 13.0 Å². The average Bonchev–Trinajstić information content (AvgIpc) is 3.15. The number of carbonyl (C=O) groups is 1. The van der Waals surface area contributed by atoms with Crippen LogP contribution in [0.3, 0.4) is 0 Å². The van der Waals surface area contributed by atoms with Crippen molar-refractivity contribution in [2.45, 2.75) is 24.7 Å². The molecule has 0 aromatic heterocycles. The molecule has 0 aromatic carbocycles. The van der Waals surface area contributed by atoms with Gasteiger partial charge in [-0.3, -0.25) is 4.79 Å². The quantitative estimate of drug-likeness (QED) is 0.450. The van der Waals surface area contributed by atoms with Crippen LogP contribution in [0.2, 0.25) is 0 Å². The fraction of sp³-hybridized carbons (Fsp3) is 0.909. The second-order valence-electron chi connectivity index (χ2n) is 4.38. The summed E-state index contributed by atoms with van der Waals surface area (Å²) in [5.74, 6) is -0.834. The molecule has 2 heterocycles. The van der Waals surface area contributed by atoms with Crippen molar-refractivity contribution in [2.24, 2.45) is 0 Å². The molecule has 8 nitrogen and oxygen atoms in total. The number of carboxylic acid groups (broad SMARTS) is 1. The van der Waals surface area contributed by atoms with Crippen molar-refractivity contribution >= 4 is 15.5 Å². The van der Waals surface area contributed by atoms with E-state index in [1.54, 1.807) is 21.3 Å². The van der Waals surface area contributed by atoms with Crippen molar-refractivity contribution in [3.05, 3.63) is 0 Å². The zero-order valence-corrected chi connectivity index (χ0v) is 13.2. The predicted molar refractivity (Wildman–Crippen MR) is 71.7 cm³/mol. The number of epoxide rings is 1. The maximum Gasteiger partial charge on any atom is 0.483 e. The SMILES string of the molecule is CO[SiH](OC)OC.O=C(O)[C@H]1NCCC1OCC1CO1. The number of nitrogens with one attached hydrogen (secondary N) is 1. The highest BCUT2D eigenvalue weighted by Crippen LogP contribution is 2.15. The van der Waals surface area contributed by atoms with Crippen molar-refractivity contribution < 1.29 is 32.7 Å². The number of ether oxygens (including phenoxy) is 2. The molecule has 20 heavy (non-hydrogen) atoms. The van der Waals surface area contributed by atoms with Crippen LogP contribution in [0.25, 0.3) is 0 Å². The number of aliphatic carboxylic acids is 1. The van der Waals surface area contributed by atoms with Gasteiger partial charge in [-0.15, -0.1) is 0 Å². The van der Waals surface area contributed by atoms with Crippen LogP contribution in [0.1, 0.15) is 6.42 Å². The largest absolute Gasteiger partial charge is 0.483 e. The van der Waals surface area contributed by atoms with Gasteiger partial charge in [0, 0.05) is 21.3 Å². The van der Waals surface area contributed by atoms with Gasteiger partial charge in [0.2, 0.25) is 0 Å². The smallest absolute Gasteiger partial charge is 0.480 e. The lowest BCUT2D eigenvalue weighted by Crippen LogP contribution is -2.40. The van der Waals surface area contributed by atoms with Gasteiger partial charge in [0.1, 0.15) is 12.1 Å². The molecule has 0 radical (unpaired) electrons. The van der Waals surface area contributed by atoms with E-state index in [9.17, 15) is 4.79 Å². The Morgan fingerprint density at radius 2 is 1.95 bits per heavy atom. The third kappa shape index (κ3) is 6.26. The molecule has 0 aromatic rings. The molecule has 2 aliphatic rings. The summed E-state index contributed by atoms with van der Waals surface area (Å²) >= 11 is 0. The van der Waals surface area contributed by atoms with Crippen LogP contribution in [0.4, 0.5) is 0 Å². The molecule has 2 N–H and O–H groups in total. The van der Waals surface area contributed by atoms with Gasteiger partial charge >= 0.3 is 15.5 Å². The second kappa shape index (κ2) is 9.40. The van der Waals surface area contributed by atoms with E-state index in [0.29, 0.717) is 13.2 Å². The van der Waals surface area contributed by atoms with E-state index in [2.05, 4.69) is 5.32 Å². The fourth-order valence-electron chi connectivity index (χ4n) is 1.79. The summed E-state index contributed by atoms with van der Waals surface area (Å²) in [5, 5.41) is 11.7. The third-order valence-electron chi connectivity index (χ3n) is 2.91. The Bertz CT molecular complexity index is 280. The van der Waals surface area contributed by atoms with E-state index in [1.807, 2.05) is 0 Å². The van der Waals surface area contributed by atoms with Crippen LogP contribution < -0.4 is 5.32 Å². The zero-order chi connectivity index (χ0) is 15.0. The Balaban J connectivity index is 0.000000246. The summed E-state index contributed by atoms with van der Waals surface area (Å²) in [4.78, 5) is 10.7. The Labute approximate surface area is 120 Å². The van der Waals surface area contributed by atoms with Crippen molar-refractivity contribution in [3.8, 4) is 0 Å². The van der Waals surface area contributed by atoms with Crippen LogP contribution >= 0.6 is 0 Å². The summed E-state index contributed by atoms with van der Waals surface area (Å²) < 4.78 is 24.6. The lowest BCUT2D eigenvalue weighted by molar-refractivity contribution is -0.142. The Morgan fingerprint density at radius 1 is 1.35 bits per heavy atom. The molecule has 118 valence electrons. The monoisotopic (exact) mass is 309 g/mol. The second-order valence-corrected chi connectivity index (χ2v) is 6.37. The number of hydrogen-bond acceptors (Lipinski definition) is 7. The van der Waals surface area contributed by atoms with Gasteiger partial charge in [-0.25, -0.2) is 0 Å². The van der Waals surface area contributed by atoms with Gasteiger partial charge in [0.05, 0.1) is 19.3 Å². The van der Waals surface area contributed by atoms with Crippen LogP contribution in [0.5, 0.6) is 0 Å². The van der Waals surface area contributed by atoms with Crippen LogP contribution in [0, 0.1) is 0 Å². The summed E-state index contributed by atoms with van der Waals surface area (Å²) in [6, 6.07) is -0.543. The minimum absolute atomic E-state index is 0.193. The number of rotatable bonds is 7. The maximum atomic E-state index is 10.7. The highest BCUT2D eigenvalue weighted by Gasteiger charge is 2.35. The molecule has 0 saturated carbocycles. The molecule has 2 saturated heterocycles. The molecular formula is C11H23NO7Si. The van der Waals surface area contributed by atoms with E-state index in [1.165, 1.54) is 0 Å². The van der Waals surface area contributed by atoms with E-state index in [4.69, 9.17) is 27.9 Å². The van der Waals surface area contributed by atoms with E-state index < -0.39 is 21.5 Å². The van der Waals surface area contributed by atoms with Crippen molar-refractivity contribution in [2.75, 3.05) is 41.1 Å². The van der Waals surface area contributed by atoms with Gasteiger partial charge in [-0.05, 0) is 13.0 Å². The Hall–Kier alpha value is -0.553. The summed E-state index contributed by atoms with van der Waals surface area (Å²) in [7, 11) is 3.05. The van der Waals surface area contributed by atoms with Crippen LogP contribution in [-0.2, 0) is 27.5 Å². The van der Waals surface area contributed by atoms with Gasteiger partial charge in [-0.2, -0.15) is 0 Å². The minimum atomic E-state index is -1.67.